The molecule has 0 bridgehead atoms. The number of nitrogens with zero attached hydrogens (tertiary/aromatic N) is 2. The highest BCUT2D eigenvalue weighted by Crippen LogP contribution is 2.27. The number of aromatic nitrogens is 2. The molecule has 2 heterocycles. The largest absolute Gasteiger partial charge is 0.461 e. The summed E-state index contributed by atoms with van der Waals surface area (Å²) in [7, 11) is 1.93. The highest BCUT2D eigenvalue weighted by molar-refractivity contribution is 5.82. The summed E-state index contributed by atoms with van der Waals surface area (Å²) in [6, 6.07) is 8.20. The van der Waals surface area contributed by atoms with E-state index in [9.17, 15) is 0 Å². The molecular formula is C16H19N3O. The number of hydrogen-bond acceptors (Lipinski definition) is 3. The molecule has 0 spiro atoms. The zero-order valence-electron chi connectivity index (χ0n) is 12.1. The fourth-order valence-corrected chi connectivity index (χ4v) is 2.59. The van der Waals surface area contributed by atoms with Crippen LogP contribution >= 0.6 is 0 Å². The first-order chi connectivity index (χ1) is 9.69. The van der Waals surface area contributed by atoms with Gasteiger partial charge >= 0.3 is 0 Å². The maximum atomic E-state index is 5.91. The minimum absolute atomic E-state index is 0.757. The van der Waals surface area contributed by atoms with Crippen molar-refractivity contribution < 1.29 is 4.42 Å². The number of rotatable bonds is 4. The molecule has 0 aliphatic rings. The Kier molecular flexibility index (Phi) is 3.22. The standard InChI is InChI=1S/C16H19N3O/c1-4-15-13(12-7-5-6-8-16(12)20-15)9-17-14-10-19(3)18-11(14)2/h5-8,10,17H,4,9H2,1-3H3. The van der Waals surface area contributed by atoms with E-state index in [1.54, 1.807) is 0 Å². The summed E-state index contributed by atoms with van der Waals surface area (Å²) in [5, 5.41) is 9.00. The van der Waals surface area contributed by atoms with Crippen molar-refractivity contribution in [1.82, 2.24) is 9.78 Å². The van der Waals surface area contributed by atoms with Crippen LogP contribution in [-0.2, 0) is 20.0 Å². The Morgan fingerprint density at radius 3 is 2.80 bits per heavy atom. The summed E-state index contributed by atoms with van der Waals surface area (Å²) in [4.78, 5) is 0. The molecule has 104 valence electrons. The highest BCUT2D eigenvalue weighted by Gasteiger charge is 2.12. The predicted octanol–water partition coefficient (Wildman–Crippen LogP) is 3.65. The van der Waals surface area contributed by atoms with Crippen LogP contribution in [0.15, 0.2) is 34.9 Å². The lowest BCUT2D eigenvalue weighted by Crippen LogP contribution is -2.01. The van der Waals surface area contributed by atoms with Gasteiger partial charge in [-0.3, -0.25) is 4.68 Å². The molecule has 0 atom stereocenters. The van der Waals surface area contributed by atoms with Crippen molar-refractivity contribution >= 4 is 16.7 Å². The zero-order chi connectivity index (χ0) is 14.1. The van der Waals surface area contributed by atoms with Crippen molar-refractivity contribution in [3.8, 4) is 0 Å². The van der Waals surface area contributed by atoms with Gasteiger partial charge in [-0.1, -0.05) is 25.1 Å². The van der Waals surface area contributed by atoms with E-state index in [0.29, 0.717) is 0 Å². The maximum Gasteiger partial charge on any atom is 0.134 e. The molecule has 0 saturated carbocycles. The number of fused-ring (bicyclic) bond motifs is 1. The number of para-hydroxylation sites is 1. The molecule has 0 fully saturated rings. The van der Waals surface area contributed by atoms with Crippen molar-refractivity contribution in [3.63, 3.8) is 0 Å². The fourth-order valence-electron chi connectivity index (χ4n) is 2.59. The van der Waals surface area contributed by atoms with Crippen LogP contribution in [0.5, 0.6) is 0 Å². The first kappa shape index (κ1) is 12.8. The lowest BCUT2D eigenvalue weighted by molar-refractivity contribution is 0.551. The van der Waals surface area contributed by atoms with Gasteiger partial charge in [-0.05, 0) is 13.0 Å². The Morgan fingerprint density at radius 1 is 1.30 bits per heavy atom. The molecule has 3 rings (SSSR count). The van der Waals surface area contributed by atoms with E-state index in [0.717, 1.165) is 35.7 Å². The van der Waals surface area contributed by atoms with Crippen LogP contribution in [0.3, 0.4) is 0 Å². The van der Waals surface area contributed by atoms with Gasteiger partial charge in [0.2, 0.25) is 0 Å². The molecule has 2 aromatic heterocycles. The van der Waals surface area contributed by atoms with Gasteiger partial charge in [0.05, 0.1) is 11.4 Å². The van der Waals surface area contributed by atoms with E-state index in [2.05, 4.69) is 29.5 Å². The Morgan fingerprint density at radius 2 is 2.10 bits per heavy atom. The maximum absolute atomic E-state index is 5.91. The second-order valence-corrected chi connectivity index (χ2v) is 5.01. The normalized spacial score (nSPS) is 11.2. The van der Waals surface area contributed by atoms with Gasteiger partial charge in [0.25, 0.3) is 0 Å². The van der Waals surface area contributed by atoms with Crippen LogP contribution in [0.1, 0.15) is 23.9 Å². The summed E-state index contributed by atoms with van der Waals surface area (Å²) in [5.74, 6) is 1.06. The van der Waals surface area contributed by atoms with Gasteiger partial charge in [0, 0.05) is 37.2 Å². The average molecular weight is 269 g/mol. The Bertz CT molecular complexity index is 739. The molecule has 3 aromatic rings. The van der Waals surface area contributed by atoms with E-state index >= 15 is 0 Å². The van der Waals surface area contributed by atoms with E-state index in [1.165, 1.54) is 10.9 Å². The van der Waals surface area contributed by atoms with Crippen molar-refractivity contribution in [1.29, 1.82) is 0 Å². The first-order valence-corrected chi connectivity index (χ1v) is 6.92. The average Bonchev–Trinajstić information content (AvgIpc) is 2.96. The number of hydrogen-bond donors (Lipinski definition) is 1. The number of anilines is 1. The molecule has 0 aliphatic heterocycles. The summed E-state index contributed by atoms with van der Waals surface area (Å²) in [5.41, 5.74) is 4.29. The van der Waals surface area contributed by atoms with Crippen molar-refractivity contribution in [3.05, 3.63) is 47.5 Å². The van der Waals surface area contributed by atoms with Crippen LogP contribution in [0.2, 0.25) is 0 Å². The van der Waals surface area contributed by atoms with Crippen LogP contribution in [0.25, 0.3) is 11.0 Å². The molecule has 0 saturated heterocycles. The molecule has 1 aromatic carbocycles. The molecule has 0 amide bonds. The smallest absolute Gasteiger partial charge is 0.134 e. The number of benzene rings is 1. The Balaban J connectivity index is 1.92. The summed E-state index contributed by atoms with van der Waals surface area (Å²) >= 11 is 0. The van der Waals surface area contributed by atoms with E-state index < -0.39 is 0 Å². The number of aryl methyl sites for hydroxylation is 3. The highest BCUT2D eigenvalue weighted by atomic mass is 16.3. The van der Waals surface area contributed by atoms with E-state index in [-0.39, 0.29) is 0 Å². The molecular weight excluding hydrogens is 250 g/mol. The van der Waals surface area contributed by atoms with Crippen molar-refractivity contribution in [2.75, 3.05) is 5.32 Å². The van der Waals surface area contributed by atoms with Crippen LogP contribution < -0.4 is 5.32 Å². The quantitative estimate of drug-likeness (QED) is 0.786. The second kappa shape index (κ2) is 5.04. The molecule has 4 heteroatoms. The van der Waals surface area contributed by atoms with Gasteiger partial charge in [-0.15, -0.1) is 0 Å². The predicted molar refractivity (Wildman–Crippen MR) is 80.9 cm³/mol. The van der Waals surface area contributed by atoms with Crippen molar-refractivity contribution in [2.45, 2.75) is 26.8 Å². The third-order valence-electron chi connectivity index (χ3n) is 3.57. The monoisotopic (exact) mass is 269 g/mol. The number of furan rings is 1. The van der Waals surface area contributed by atoms with E-state index in [4.69, 9.17) is 4.42 Å². The third kappa shape index (κ3) is 2.18. The van der Waals surface area contributed by atoms with Crippen LogP contribution in [0.4, 0.5) is 5.69 Å². The van der Waals surface area contributed by atoms with Crippen LogP contribution in [-0.4, -0.2) is 9.78 Å². The minimum atomic E-state index is 0.757. The van der Waals surface area contributed by atoms with Gasteiger partial charge < -0.3 is 9.73 Å². The minimum Gasteiger partial charge on any atom is -0.461 e. The van der Waals surface area contributed by atoms with Gasteiger partial charge in [0.1, 0.15) is 11.3 Å². The van der Waals surface area contributed by atoms with E-state index in [1.807, 2.05) is 37.0 Å². The molecule has 4 nitrogen and oxygen atoms in total. The topological polar surface area (TPSA) is 43.0 Å². The fraction of sp³-hybridized carbons (Fsp3) is 0.312. The lowest BCUT2D eigenvalue weighted by atomic mass is 10.1. The summed E-state index contributed by atoms with van der Waals surface area (Å²) in [6.45, 7) is 4.89. The lowest BCUT2D eigenvalue weighted by Gasteiger charge is -2.05. The molecule has 0 unspecified atom stereocenters. The summed E-state index contributed by atoms with van der Waals surface area (Å²) < 4.78 is 7.74. The van der Waals surface area contributed by atoms with Crippen molar-refractivity contribution in [2.24, 2.45) is 7.05 Å². The second-order valence-electron chi connectivity index (χ2n) is 5.01. The molecule has 20 heavy (non-hydrogen) atoms. The molecule has 0 radical (unpaired) electrons. The first-order valence-electron chi connectivity index (χ1n) is 6.92. The summed E-state index contributed by atoms with van der Waals surface area (Å²) in [6.07, 6.45) is 2.90. The Labute approximate surface area is 118 Å². The number of nitrogens with one attached hydrogen (secondary N) is 1. The molecule has 1 N–H and O–H groups in total. The third-order valence-corrected chi connectivity index (χ3v) is 3.57. The van der Waals surface area contributed by atoms with Crippen LogP contribution in [0, 0.1) is 6.92 Å². The molecule has 0 aliphatic carbocycles. The van der Waals surface area contributed by atoms with Gasteiger partial charge in [-0.25, -0.2) is 0 Å². The zero-order valence-corrected chi connectivity index (χ0v) is 12.1. The Hall–Kier alpha value is -2.23. The SMILES string of the molecule is CCc1oc2ccccc2c1CNc1cn(C)nc1C. The van der Waals surface area contributed by atoms with Gasteiger partial charge in [0.15, 0.2) is 0 Å². The van der Waals surface area contributed by atoms with Gasteiger partial charge in [-0.2, -0.15) is 5.10 Å².